The summed E-state index contributed by atoms with van der Waals surface area (Å²) in [7, 11) is 1.63. The molecule has 1 amide bonds. The van der Waals surface area contributed by atoms with Gasteiger partial charge in [0.15, 0.2) is 5.11 Å². The molecule has 5 heteroatoms. The molecule has 0 saturated heterocycles. The number of methoxy groups -OCH3 is 1. The second-order valence-corrected chi connectivity index (χ2v) is 5.26. The molecule has 0 aliphatic carbocycles. The number of carbonyl (C=O) groups excluding carboxylic acids is 1. The van der Waals surface area contributed by atoms with E-state index in [4.69, 9.17) is 17.0 Å². The van der Waals surface area contributed by atoms with Crippen LogP contribution < -0.4 is 15.4 Å². The molecule has 0 unspecified atom stereocenters. The molecule has 0 bridgehead atoms. The number of aryl methyl sites for hydroxylation is 1. The van der Waals surface area contributed by atoms with Crippen molar-refractivity contribution in [2.24, 2.45) is 0 Å². The van der Waals surface area contributed by atoms with E-state index < -0.39 is 0 Å². The third-order valence-corrected chi connectivity index (χ3v) is 3.37. The number of hydrogen-bond donors (Lipinski definition) is 2. The number of thiocarbonyl (C=S) groups is 1. The van der Waals surface area contributed by atoms with Gasteiger partial charge in [0.05, 0.1) is 7.11 Å². The van der Waals surface area contributed by atoms with Gasteiger partial charge in [0.1, 0.15) is 5.75 Å². The molecule has 2 N–H and O–H groups in total. The highest BCUT2D eigenvalue weighted by atomic mass is 32.1. The minimum atomic E-state index is -0.212. The molecule has 0 radical (unpaired) electrons. The van der Waals surface area contributed by atoms with Crippen LogP contribution in [-0.2, 0) is 6.54 Å². The van der Waals surface area contributed by atoms with Crippen molar-refractivity contribution < 1.29 is 9.53 Å². The van der Waals surface area contributed by atoms with Gasteiger partial charge in [-0.25, -0.2) is 0 Å². The van der Waals surface area contributed by atoms with Gasteiger partial charge in [-0.2, -0.15) is 0 Å². The predicted octanol–water partition coefficient (Wildman–Crippen LogP) is 2.81. The SMILES string of the molecule is COc1ccc(CNC(=S)NC(=O)c2cccc(C)c2)cc1. The third-order valence-electron chi connectivity index (χ3n) is 3.12. The standard InChI is InChI=1S/C17H18N2O2S/c1-12-4-3-5-14(10-12)16(20)19-17(22)18-11-13-6-8-15(21-2)9-7-13/h3-10H,11H2,1-2H3,(H2,18,19,20,22). The molecular weight excluding hydrogens is 296 g/mol. The van der Waals surface area contributed by atoms with E-state index in [0.717, 1.165) is 16.9 Å². The summed E-state index contributed by atoms with van der Waals surface area (Å²) in [6.07, 6.45) is 0. The Hall–Kier alpha value is -2.40. The summed E-state index contributed by atoms with van der Waals surface area (Å²) in [6, 6.07) is 15.0. The Labute approximate surface area is 135 Å². The van der Waals surface area contributed by atoms with Gasteiger partial charge in [0, 0.05) is 12.1 Å². The maximum absolute atomic E-state index is 12.0. The van der Waals surface area contributed by atoms with Gasteiger partial charge < -0.3 is 10.1 Å². The molecule has 114 valence electrons. The van der Waals surface area contributed by atoms with Crippen LogP contribution in [0.2, 0.25) is 0 Å². The summed E-state index contributed by atoms with van der Waals surface area (Å²) < 4.78 is 5.10. The average molecular weight is 314 g/mol. The first kappa shape index (κ1) is 16.0. The molecule has 4 nitrogen and oxygen atoms in total. The molecular formula is C17H18N2O2S. The highest BCUT2D eigenvalue weighted by molar-refractivity contribution is 7.80. The molecule has 2 rings (SSSR count). The van der Waals surface area contributed by atoms with Gasteiger partial charge in [-0.15, -0.1) is 0 Å². The van der Waals surface area contributed by atoms with E-state index in [1.54, 1.807) is 13.2 Å². The van der Waals surface area contributed by atoms with Gasteiger partial charge in [-0.1, -0.05) is 29.8 Å². The second kappa shape index (κ2) is 7.56. The van der Waals surface area contributed by atoms with Crippen molar-refractivity contribution in [3.63, 3.8) is 0 Å². The molecule has 0 aliphatic heterocycles. The largest absolute Gasteiger partial charge is 0.497 e. The van der Waals surface area contributed by atoms with Crippen LogP contribution in [-0.4, -0.2) is 18.1 Å². The van der Waals surface area contributed by atoms with E-state index in [2.05, 4.69) is 10.6 Å². The molecule has 22 heavy (non-hydrogen) atoms. The Morgan fingerprint density at radius 1 is 1.18 bits per heavy atom. The molecule has 0 spiro atoms. The monoisotopic (exact) mass is 314 g/mol. The van der Waals surface area contributed by atoms with Crippen molar-refractivity contribution >= 4 is 23.2 Å². The molecule has 0 aliphatic rings. The minimum absolute atomic E-state index is 0.212. The van der Waals surface area contributed by atoms with Crippen molar-refractivity contribution in [2.75, 3.05) is 7.11 Å². The normalized spacial score (nSPS) is 9.91. The van der Waals surface area contributed by atoms with Crippen LogP contribution in [0.5, 0.6) is 5.75 Å². The average Bonchev–Trinajstić information content (AvgIpc) is 2.53. The summed E-state index contributed by atoms with van der Waals surface area (Å²) in [5, 5.41) is 5.99. The van der Waals surface area contributed by atoms with E-state index >= 15 is 0 Å². The number of benzene rings is 2. The Kier molecular flexibility index (Phi) is 5.49. The zero-order chi connectivity index (χ0) is 15.9. The lowest BCUT2D eigenvalue weighted by Gasteiger charge is -2.10. The van der Waals surface area contributed by atoms with Gasteiger partial charge >= 0.3 is 0 Å². The predicted molar refractivity (Wildman–Crippen MR) is 91.1 cm³/mol. The van der Waals surface area contributed by atoms with Gasteiger partial charge in [-0.3, -0.25) is 10.1 Å². The number of carbonyl (C=O) groups is 1. The summed E-state index contributed by atoms with van der Waals surface area (Å²) in [6.45, 7) is 2.48. The number of ether oxygens (including phenoxy) is 1. The lowest BCUT2D eigenvalue weighted by molar-refractivity contribution is 0.0976. The molecule has 0 saturated carbocycles. The number of hydrogen-bond acceptors (Lipinski definition) is 3. The van der Waals surface area contributed by atoms with Crippen molar-refractivity contribution in [1.82, 2.24) is 10.6 Å². The highest BCUT2D eigenvalue weighted by Crippen LogP contribution is 2.10. The summed E-state index contributed by atoms with van der Waals surface area (Å²) in [5.74, 6) is 0.593. The zero-order valence-electron chi connectivity index (χ0n) is 12.6. The molecule has 0 heterocycles. The lowest BCUT2D eigenvalue weighted by atomic mass is 10.1. The molecule has 2 aromatic rings. The van der Waals surface area contributed by atoms with Crippen LogP contribution >= 0.6 is 12.2 Å². The number of rotatable bonds is 4. The van der Waals surface area contributed by atoms with E-state index in [0.29, 0.717) is 17.2 Å². The Balaban J connectivity index is 1.85. The van der Waals surface area contributed by atoms with E-state index in [1.165, 1.54) is 0 Å². The maximum atomic E-state index is 12.0. The molecule has 0 atom stereocenters. The zero-order valence-corrected chi connectivity index (χ0v) is 13.4. The van der Waals surface area contributed by atoms with Crippen LogP contribution in [0.15, 0.2) is 48.5 Å². The summed E-state index contributed by atoms with van der Waals surface area (Å²) >= 11 is 5.14. The first-order valence-corrected chi connectivity index (χ1v) is 7.28. The molecule has 2 aromatic carbocycles. The van der Waals surface area contributed by atoms with Crippen LogP contribution in [0, 0.1) is 6.92 Å². The Morgan fingerprint density at radius 3 is 2.55 bits per heavy atom. The van der Waals surface area contributed by atoms with Crippen molar-refractivity contribution in [3.8, 4) is 5.75 Å². The lowest BCUT2D eigenvalue weighted by Crippen LogP contribution is -2.38. The first-order valence-electron chi connectivity index (χ1n) is 6.87. The quantitative estimate of drug-likeness (QED) is 0.852. The fourth-order valence-corrected chi connectivity index (χ4v) is 2.10. The number of amides is 1. The van der Waals surface area contributed by atoms with Gasteiger partial charge in [-0.05, 0) is 49.0 Å². The second-order valence-electron chi connectivity index (χ2n) is 4.85. The van der Waals surface area contributed by atoms with Gasteiger partial charge in [0.25, 0.3) is 5.91 Å². The third kappa shape index (κ3) is 4.56. The van der Waals surface area contributed by atoms with E-state index in [-0.39, 0.29) is 5.91 Å². The summed E-state index contributed by atoms with van der Waals surface area (Å²) in [5.41, 5.74) is 2.67. The first-order chi connectivity index (χ1) is 10.6. The van der Waals surface area contributed by atoms with Crippen LogP contribution in [0.4, 0.5) is 0 Å². The number of nitrogens with one attached hydrogen (secondary N) is 2. The topological polar surface area (TPSA) is 50.4 Å². The van der Waals surface area contributed by atoms with Crippen LogP contribution in [0.3, 0.4) is 0 Å². The van der Waals surface area contributed by atoms with E-state index in [1.807, 2.05) is 49.4 Å². The van der Waals surface area contributed by atoms with Crippen molar-refractivity contribution in [3.05, 3.63) is 65.2 Å². The van der Waals surface area contributed by atoms with Crippen LogP contribution in [0.1, 0.15) is 21.5 Å². The fourth-order valence-electron chi connectivity index (χ4n) is 1.93. The molecule has 0 aromatic heterocycles. The minimum Gasteiger partial charge on any atom is -0.497 e. The Morgan fingerprint density at radius 2 is 1.91 bits per heavy atom. The summed E-state index contributed by atoms with van der Waals surface area (Å²) in [4.78, 5) is 12.0. The van der Waals surface area contributed by atoms with Gasteiger partial charge in [0.2, 0.25) is 0 Å². The smallest absolute Gasteiger partial charge is 0.257 e. The van der Waals surface area contributed by atoms with Crippen molar-refractivity contribution in [1.29, 1.82) is 0 Å². The maximum Gasteiger partial charge on any atom is 0.257 e. The van der Waals surface area contributed by atoms with E-state index in [9.17, 15) is 4.79 Å². The Bertz CT molecular complexity index is 669. The van der Waals surface area contributed by atoms with Crippen LogP contribution in [0.25, 0.3) is 0 Å². The molecule has 0 fully saturated rings. The van der Waals surface area contributed by atoms with Crippen molar-refractivity contribution in [2.45, 2.75) is 13.5 Å². The highest BCUT2D eigenvalue weighted by Gasteiger charge is 2.07. The fraction of sp³-hybridized carbons (Fsp3) is 0.176.